The topological polar surface area (TPSA) is 38.8 Å². The molecule has 1 unspecified atom stereocenters. The molecule has 3 aromatic rings. The number of fused-ring (bicyclic) bond motifs is 1. The lowest BCUT2D eigenvalue weighted by Crippen LogP contribution is -2.41. The molecule has 4 rings (SSSR count). The van der Waals surface area contributed by atoms with Crippen LogP contribution in [0.25, 0.3) is 0 Å². The molecule has 4 heteroatoms. The molecule has 3 aromatic carbocycles. The summed E-state index contributed by atoms with van der Waals surface area (Å²) in [5.41, 5.74) is 2.52. The van der Waals surface area contributed by atoms with Crippen LogP contribution >= 0.6 is 0 Å². The number of hydrogen-bond donors (Lipinski definition) is 0. The first kappa shape index (κ1) is 16.2. The molecular formula is C22H19NO3. The van der Waals surface area contributed by atoms with Gasteiger partial charge in [0.1, 0.15) is 11.5 Å². The first-order chi connectivity index (χ1) is 12.8. The first-order valence-electron chi connectivity index (χ1n) is 8.51. The smallest absolute Gasteiger partial charge is 0.261 e. The predicted molar refractivity (Wildman–Crippen MR) is 99.1 cm³/mol. The largest absolute Gasteiger partial charge is 0.497 e. The lowest BCUT2D eigenvalue weighted by molar-refractivity contribution is 0.00463. The van der Waals surface area contributed by atoms with Crippen molar-refractivity contribution in [1.82, 2.24) is 4.90 Å². The van der Waals surface area contributed by atoms with Gasteiger partial charge in [-0.15, -0.1) is 0 Å². The molecule has 1 aliphatic rings. The van der Waals surface area contributed by atoms with Gasteiger partial charge in [-0.05, 0) is 23.8 Å². The first-order valence-corrected chi connectivity index (χ1v) is 8.51. The number of ether oxygens (including phenoxy) is 2. The molecule has 0 radical (unpaired) electrons. The summed E-state index contributed by atoms with van der Waals surface area (Å²) >= 11 is 0. The van der Waals surface area contributed by atoms with E-state index in [1.807, 2.05) is 60.7 Å². The summed E-state index contributed by atoms with van der Waals surface area (Å²) in [5, 5.41) is 0. The summed E-state index contributed by atoms with van der Waals surface area (Å²) in [5.74, 6) is 1.15. The third-order valence-corrected chi connectivity index (χ3v) is 4.48. The van der Waals surface area contributed by atoms with Gasteiger partial charge in [0.15, 0.2) is 0 Å². The van der Waals surface area contributed by atoms with Gasteiger partial charge in [0.2, 0.25) is 6.23 Å². The number of nitrogens with zero attached hydrogens (tertiary/aromatic N) is 1. The summed E-state index contributed by atoms with van der Waals surface area (Å²) in [6.45, 7) is 0.468. The molecule has 1 heterocycles. The van der Waals surface area contributed by atoms with Crippen LogP contribution in [0.4, 0.5) is 0 Å². The molecule has 1 atom stereocenters. The van der Waals surface area contributed by atoms with Crippen LogP contribution in [0, 0.1) is 0 Å². The van der Waals surface area contributed by atoms with Crippen molar-refractivity contribution in [3.05, 3.63) is 95.6 Å². The van der Waals surface area contributed by atoms with E-state index in [9.17, 15) is 4.79 Å². The van der Waals surface area contributed by atoms with Gasteiger partial charge in [-0.1, -0.05) is 60.7 Å². The molecule has 0 N–H and O–H groups in total. The number of benzene rings is 3. The Morgan fingerprint density at radius 1 is 0.962 bits per heavy atom. The molecule has 0 bridgehead atoms. The third-order valence-electron chi connectivity index (χ3n) is 4.48. The zero-order valence-corrected chi connectivity index (χ0v) is 14.5. The average molecular weight is 345 g/mol. The lowest BCUT2D eigenvalue weighted by Gasteiger charge is -2.37. The fraction of sp³-hybridized carbons (Fsp3) is 0.136. The number of rotatable bonds is 4. The molecule has 130 valence electrons. The number of carbonyl (C=O) groups is 1. The van der Waals surface area contributed by atoms with Gasteiger partial charge < -0.3 is 9.47 Å². The SMILES string of the molecule is COc1ccc2c(c1)C(=O)N(Cc1ccccc1)C(c1ccccc1)O2. The van der Waals surface area contributed by atoms with Gasteiger partial charge in [0.25, 0.3) is 5.91 Å². The Labute approximate surface area is 152 Å². The van der Waals surface area contributed by atoms with Crippen molar-refractivity contribution in [2.24, 2.45) is 0 Å². The van der Waals surface area contributed by atoms with Gasteiger partial charge in [-0.25, -0.2) is 0 Å². The van der Waals surface area contributed by atoms with Crippen LogP contribution in [0.1, 0.15) is 27.7 Å². The highest BCUT2D eigenvalue weighted by molar-refractivity contribution is 5.98. The Hall–Kier alpha value is -3.27. The minimum absolute atomic E-state index is 0.0668. The Balaban J connectivity index is 1.76. The Morgan fingerprint density at radius 2 is 1.65 bits per heavy atom. The minimum Gasteiger partial charge on any atom is -0.497 e. The van der Waals surface area contributed by atoms with Crippen molar-refractivity contribution in [2.45, 2.75) is 12.8 Å². The Morgan fingerprint density at radius 3 is 2.35 bits per heavy atom. The van der Waals surface area contributed by atoms with Crippen LogP contribution in [0.2, 0.25) is 0 Å². The van der Waals surface area contributed by atoms with Gasteiger partial charge in [-0.2, -0.15) is 0 Å². The highest BCUT2D eigenvalue weighted by Crippen LogP contribution is 2.37. The summed E-state index contributed by atoms with van der Waals surface area (Å²) in [6.07, 6.45) is -0.468. The molecule has 26 heavy (non-hydrogen) atoms. The fourth-order valence-electron chi connectivity index (χ4n) is 3.15. The second-order valence-electron chi connectivity index (χ2n) is 6.16. The average Bonchev–Trinajstić information content (AvgIpc) is 2.71. The second kappa shape index (κ2) is 6.92. The molecule has 0 saturated heterocycles. The van der Waals surface area contributed by atoms with Crippen molar-refractivity contribution in [2.75, 3.05) is 7.11 Å². The lowest BCUT2D eigenvalue weighted by atomic mass is 10.1. The number of carbonyl (C=O) groups excluding carboxylic acids is 1. The van der Waals surface area contributed by atoms with Gasteiger partial charge in [0, 0.05) is 12.1 Å². The van der Waals surface area contributed by atoms with Crippen molar-refractivity contribution in [1.29, 1.82) is 0 Å². The zero-order valence-electron chi connectivity index (χ0n) is 14.5. The maximum atomic E-state index is 13.3. The van der Waals surface area contributed by atoms with E-state index >= 15 is 0 Å². The zero-order chi connectivity index (χ0) is 17.9. The van der Waals surface area contributed by atoms with Crippen molar-refractivity contribution in [3.8, 4) is 11.5 Å². The Bertz CT molecular complexity index is 909. The summed E-state index contributed by atoms with van der Waals surface area (Å²) < 4.78 is 11.5. The van der Waals surface area contributed by atoms with Crippen LogP contribution in [0.15, 0.2) is 78.9 Å². The molecule has 4 nitrogen and oxygen atoms in total. The molecule has 1 amide bonds. The molecule has 0 saturated carbocycles. The second-order valence-corrected chi connectivity index (χ2v) is 6.16. The molecule has 0 fully saturated rings. The van der Waals surface area contributed by atoms with Crippen LogP contribution < -0.4 is 9.47 Å². The monoisotopic (exact) mass is 345 g/mol. The number of hydrogen-bond acceptors (Lipinski definition) is 3. The predicted octanol–water partition coefficient (Wildman–Crippen LogP) is 4.43. The molecule has 0 spiro atoms. The summed E-state index contributed by atoms with van der Waals surface area (Å²) in [4.78, 5) is 15.0. The maximum absolute atomic E-state index is 13.3. The standard InChI is InChI=1S/C22H19NO3/c1-25-18-12-13-20-19(14-18)21(24)23(15-16-8-4-2-5-9-16)22(26-20)17-10-6-3-7-11-17/h2-14,22H,15H2,1H3. The van der Waals surface area contributed by atoms with E-state index in [0.29, 0.717) is 23.6 Å². The molecule has 1 aliphatic heterocycles. The van der Waals surface area contributed by atoms with E-state index in [1.165, 1.54) is 0 Å². The summed E-state index contributed by atoms with van der Waals surface area (Å²) in [6, 6.07) is 25.1. The van der Waals surface area contributed by atoms with Crippen molar-refractivity contribution >= 4 is 5.91 Å². The Kier molecular flexibility index (Phi) is 4.32. The van der Waals surface area contributed by atoms with Crippen LogP contribution in [-0.4, -0.2) is 17.9 Å². The van der Waals surface area contributed by atoms with E-state index in [4.69, 9.17) is 9.47 Å². The maximum Gasteiger partial charge on any atom is 0.261 e. The van der Waals surface area contributed by atoms with Gasteiger partial charge in [0.05, 0.1) is 12.7 Å². The normalized spacial score (nSPS) is 16.0. The summed E-state index contributed by atoms with van der Waals surface area (Å²) in [7, 11) is 1.59. The fourth-order valence-corrected chi connectivity index (χ4v) is 3.15. The van der Waals surface area contributed by atoms with Crippen molar-refractivity contribution < 1.29 is 14.3 Å². The van der Waals surface area contributed by atoms with E-state index in [1.54, 1.807) is 30.2 Å². The van der Waals surface area contributed by atoms with Gasteiger partial charge in [-0.3, -0.25) is 9.69 Å². The quantitative estimate of drug-likeness (QED) is 0.702. The van der Waals surface area contributed by atoms with E-state index in [-0.39, 0.29) is 5.91 Å². The third kappa shape index (κ3) is 3.02. The highest BCUT2D eigenvalue weighted by Gasteiger charge is 2.35. The van der Waals surface area contributed by atoms with Crippen LogP contribution in [-0.2, 0) is 6.54 Å². The molecule has 0 aromatic heterocycles. The van der Waals surface area contributed by atoms with Crippen LogP contribution in [0.5, 0.6) is 11.5 Å². The minimum atomic E-state index is -0.468. The van der Waals surface area contributed by atoms with E-state index < -0.39 is 6.23 Å². The van der Waals surface area contributed by atoms with Crippen molar-refractivity contribution in [3.63, 3.8) is 0 Å². The molecular weight excluding hydrogens is 326 g/mol. The van der Waals surface area contributed by atoms with E-state index in [0.717, 1.165) is 11.1 Å². The number of methoxy groups -OCH3 is 1. The number of amides is 1. The molecule has 0 aliphatic carbocycles. The van der Waals surface area contributed by atoms with Gasteiger partial charge >= 0.3 is 0 Å². The van der Waals surface area contributed by atoms with Crippen LogP contribution in [0.3, 0.4) is 0 Å². The highest BCUT2D eigenvalue weighted by atomic mass is 16.5. The van der Waals surface area contributed by atoms with E-state index in [2.05, 4.69) is 0 Å².